The van der Waals surface area contributed by atoms with Crippen LogP contribution >= 0.6 is 0 Å². The summed E-state index contributed by atoms with van der Waals surface area (Å²) in [6, 6.07) is 7.18. The van der Waals surface area contributed by atoms with Crippen molar-refractivity contribution in [3.63, 3.8) is 0 Å². The highest BCUT2D eigenvalue weighted by atomic mass is 19.4. The number of fused-ring (bicyclic) bond motifs is 1. The first kappa shape index (κ1) is 15.1. The number of benzene rings is 1. The average molecular weight is 323 g/mol. The predicted octanol–water partition coefficient (Wildman–Crippen LogP) is 2.67. The molecule has 0 bridgehead atoms. The zero-order valence-electron chi connectivity index (χ0n) is 12.3. The van der Waals surface area contributed by atoms with E-state index in [4.69, 9.17) is 4.74 Å². The van der Waals surface area contributed by atoms with Crippen molar-refractivity contribution in [2.45, 2.75) is 6.18 Å². The lowest BCUT2D eigenvalue weighted by atomic mass is 10.1. The summed E-state index contributed by atoms with van der Waals surface area (Å²) in [5.41, 5.74) is -0.933. The Hall–Kier alpha value is -2.77. The Labute approximate surface area is 129 Å². The van der Waals surface area contributed by atoms with E-state index in [1.165, 1.54) is 13.1 Å². The molecule has 2 aliphatic rings. The number of alkyl halides is 3. The Kier molecular flexibility index (Phi) is 3.39. The average Bonchev–Trinajstić information content (AvgIpc) is 2.96. The molecule has 0 radical (unpaired) electrons. The van der Waals surface area contributed by atoms with E-state index in [2.05, 4.69) is 5.10 Å². The molecule has 0 atom stereocenters. The Morgan fingerprint density at radius 3 is 2.52 bits per heavy atom. The number of nitrogens with zero attached hydrogens (tertiary/aromatic N) is 3. The molecule has 0 fully saturated rings. The van der Waals surface area contributed by atoms with Gasteiger partial charge < -0.3 is 9.64 Å². The summed E-state index contributed by atoms with van der Waals surface area (Å²) < 4.78 is 44.4. The Morgan fingerprint density at radius 1 is 1.17 bits per heavy atom. The number of anilines is 1. The highest BCUT2D eigenvalue weighted by molar-refractivity contribution is 6.26. The molecule has 0 saturated heterocycles. The van der Waals surface area contributed by atoms with Crippen molar-refractivity contribution in [3.05, 3.63) is 47.9 Å². The zero-order valence-corrected chi connectivity index (χ0v) is 12.3. The maximum absolute atomic E-state index is 12.9. The van der Waals surface area contributed by atoms with E-state index in [1.807, 2.05) is 12.1 Å². The molecule has 1 aromatic carbocycles. The van der Waals surface area contributed by atoms with Crippen LogP contribution in [0.3, 0.4) is 0 Å². The maximum Gasteiger partial charge on any atom is 0.435 e. The largest absolute Gasteiger partial charge is 0.439 e. The molecule has 0 unspecified atom stereocenters. The molecule has 0 aliphatic carbocycles. The van der Waals surface area contributed by atoms with Crippen molar-refractivity contribution >= 4 is 17.3 Å². The number of hydrogen-bond donors (Lipinski definition) is 0. The first-order chi connectivity index (χ1) is 10.8. The second-order valence-electron chi connectivity index (χ2n) is 4.99. The van der Waals surface area contributed by atoms with Gasteiger partial charge >= 0.3 is 6.18 Å². The first-order valence-corrected chi connectivity index (χ1v) is 6.66. The van der Waals surface area contributed by atoms with Crippen LogP contribution in [0.2, 0.25) is 0 Å². The summed E-state index contributed by atoms with van der Waals surface area (Å²) in [6.45, 7) is 0. The van der Waals surface area contributed by atoms with Gasteiger partial charge in [-0.25, -0.2) is 5.01 Å². The van der Waals surface area contributed by atoms with Crippen LogP contribution in [0.1, 0.15) is 0 Å². The van der Waals surface area contributed by atoms with Crippen LogP contribution < -0.4 is 9.64 Å². The number of rotatable bonds is 1. The molecule has 0 N–H and O–H groups in total. The Morgan fingerprint density at radius 2 is 1.87 bits per heavy atom. The fourth-order valence-electron chi connectivity index (χ4n) is 2.31. The second-order valence-corrected chi connectivity index (χ2v) is 4.99. The number of carbonyl (C=O) groups is 1. The van der Waals surface area contributed by atoms with Crippen LogP contribution in [-0.4, -0.2) is 36.9 Å². The summed E-state index contributed by atoms with van der Waals surface area (Å²) in [6.07, 6.45) is -2.29. The molecular formula is C15H12F3N3O2. The lowest BCUT2D eigenvalue weighted by molar-refractivity contribution is -0.124. The molecular weight excluding hydrogens is 311 g/mol. The third-order valence-corrected chi connectivity index (χ3v) is 3.46. The van der Waals surface area contributed by atoms with Gasteiger partial charge in [-0.05, 0) is 24.3 Å². The van der Waals surface area contributed by atoms with Gasteiger partial charge in [-0.1, -0.05) is 12.1 Å². The number of hydrazone groups is 1. The van der Waals surface area contributed by atoms with Crippen LogP contribution in [0, 0.1) is 0 Å². The molecule has 0 saturated carbocycles. The van der Waals surface area contributed by atoms with E-state index in [0.717, 1.165) is 11.8 Å². The van der Waals surface area contributed by atoms with Gasteiger partial charge in [-0.15, -0.1) is 0 Å². The number of para-hydroxylation sites is 2. The number of hydrogen-bond acceptors (Lipinski definition) is 4. The van der Waals surface area contributed by atoms with E-state index in [1.54, 1.807) is 24.1 Å². The van der Waals surface area contributed by atoms with Crippen LogP contribution in [0.5, 0.6) is 5.75 Å². The quantitative estimate of drug-likeness (QED) is 0.747. The summed E-state index contributed by atoms with van der Waals surface area (Å²) in [4.78, 5) is 13.5. The third-order valence-electron chi connectivity index (χ3n) is 3.46. The van der Waals surface area contributed by atoms with E-state index >= 15 is 0 Å². The van der Waals surface area contributed by atoms with E-state index in [9.17, 15) is 18.0 Å². The van der Waals surface area contributed by atoms with Gasteiger partial charge in [0.05, 0.1) is 11.3 Å². The number of allylic oxidation sites excluding steroid dienone is 2. The van der Waals surface area contributed by atoms with Crippen molar-refractivity contribution in [1.82, 2.24) is 5.01 Å². The van der Waals surface area contributed by atoms with Crippen molar-refractivity contribution in [2.75, 3.05) is 19.0 Å². The summed E-state index contributed by atoms with van der Waals surface area (Å²) >= 11 is 0. The summed E-state index contributed by atoms with van der Waals surface area (Å²) in [7, 11) is 2.90. The number of amides is 1. The van der Waals surface area contributed by atoms with Crippen LogP contribution in [-0.2, 0) is 4.79 Å². The highest BCUT2D eigenvalue weighted by Gasteiger charge is 2.45. The molecule has 2 aliphatic heterocycles. The Bertz CT molecular complexity index is 765. The highest BCUT2D eigenvalue weighted by Crippen LogP contribution is 2.37. The van der Waals surface area contributed by atoms with Crippen molar-refractivity contribution < 1.29 is 22.7 Å². The van der Waals surface area contributed by atoms with Gasteiger partial charge in [-0.2, -0.15) is 18.3 Å². The van der Waals surface area contributed by atoms with E-state index in [-0.39, 0.29) is 0 Å². The number of halogens is 3. The molecule has 1 aromatic rings. The fourth-order valence-corrected chi connectivity index (χ4v) is 2.31. The number of likely N-dealkylation sites (N-methyl/N-ethyl adjacent to an activating group) is 1. The van der Waals surface area contributed by atoms with Crippen molar-refractivity contribution in [2.24, 2.45) is 5.10 Å². The van der Waals surface area contributed by atoms with Gasteiger partial charge in [0.15, 0.2) is 17.3 Å². The van der Waals surface area contributed by atoms with Crippen molar-refractivity contribution in [1.29, 1.82) is 0 Å². The third kappa shape index (κ3) is 2.56. The number of carbonyl (C=O) groups excluding carboxylic acids is 1. The van der Waals surface area contributed by atoms with Gasteiger partial charge in [0.25, 0.3) is 5.91 Å². The van der Waals surface area contributed by atoms with Gasteiger partial charge in [0.1, 0.15) is 0 Å². The van der Waals surface area contributed by atoms with Crippen molar-refractivity contribution in [3.8, 4) is 5.75 Å². The molecule has 3 rings (SSSR count). The van der Waals surface area contributed by atoms with Crippen LogP contribution in [0.15, 0.2) is 53.0 Å². The van der Waals surface area contributed by atoms with Gasteiger partial charge in [0, 0.05) is 14.1 Å². The smallest absolute Gasteiger partial charge is 0.435 e. The zero-order chi connectivity index (χ0) is 16.8. The minimum absolute atomic E-state index is 0.322. The minimum Gasteiger partial charge on any atom is -0.439 e. The topological polar surface area (TPSA) is 45.1 Å². The summed E-state index contributed by atoms with van der Waals surface area (Å²) in [5, 5.41) is 3.92. The normalized spacial score (nSPS) is 21.1. The second kappa shape index (κ2) is 5.15. The summed E-state index contributed by atoms with van der Waals surface area (Å²) in [5.74, 6) is 0.106. The lowest BCUT2D eigenvalue weighted by Crippen LogP contribution is -2.25. The lowest BCUT2D eigenvalue weighted by Gasteiger charge is -2.10. The monoisotopic (exact) mass is 323 g/mol. The minimum atomic E-state index is -4.70. The van der Waals surface area contributed by atoms with E-state index in [0.29, 0.717) is 16.6 Å². The van der Waals surface area contributed by atoms with Gasteiger partial charge in [-0.3, -0.25) is 4.79 Å². The molecule has 2 heterocycles. The SMILES string of the molecule is CN1N=C(C(F)(F)F)/C(=C\C=C2\Oc3ccccc3N2C)C1=O. The molecule has 8 heteroatoms. The molecule has 23 heavy (non-hydrogen) atoms. The van der Waals surface area contributed by atoms with Crippen LogP contribution in [0.4, 0.5) is 18.9 Å². The standard InChI is InChI=1S/C15H12F3N3O2/c1-20-10-5-3-4-6-11(10)23-12(20)8-7-9-13(15(16,17)18)19-21(2)14(9)22/h3-8H,1-2H3/b9-7+,12-8+. The Balaban J connectivity index is 1.94. The first-order valence-electron chi connectivity index (χ1n) is 6.66. The van der Waals surface area contributed by atoms with Crippen LogP contribution in [0.25, 0.3) is 0 Å². The molecule has 0 aromatic heterocycles. The predicted molar refractivity (Wildman–Crippen MR) is 77.9 cm³/mol. The van der Waals surface area contributed by atoms with Gasteiger partial charge in [0.2, 0.25) is 0 Å². The molecule has 120 valence electrons. The fraction of sp³-hybridized carbons (Fsp3) is 0.200. The molecule has 0 spiro atoms. The molecule has 1 amide bonds. The molecule has 5 nitrogen and oxygen atoms in total. The number of ether oxygens (including phenoxy) is 1. The maximum atomic E-state index is 12.9. The van der Waals surface area contributed by atoms with E-state index < -0.39 is 23.4 Å².